The molecule has 2 rings (SSSR count). The molecule has 0 fully saturated rings. The fourth-order valence-corrected chi connectivity index (χ4v) is 2.35. The Morgan fingerprint density at radius 3 is 2.82 bits per heavy atom. The van der Waals surface area contributed by atoms with Crippen LogP contribution in [0.25, 0.3) is 0 Å². The summed E-state index contributed by atoms with van der Waals surface area (Å²) in [6.45, 7) is 7.57. The molecular weight excluding hydrogens is 278 g/mol. The third-order valence-electron chi connectivity index (χ3n) is 3.57. The van der Waals surface area contributed by atoms with Gasteiger partial charge in [0.05, 0.1) is 5.69 Å². The van der Waals surface area contributed by atoms with E-state index in [0.29, 0.717) is 12.8 Å². The highest BCUT2D eigenvalue weighted by Gasteiger charge is 2.11. The van der Waals surface area contributed by atoms with E-state index >= 15 is 0 Å². The first kappa shape index (κ1) is 16.2. The van der Waals surface area contributed by atoms with Gasteiger partial charge >= 0.3 is 0 Å². The summed E-state index contributed by atoms with van der Waals surface area (Å²) in [5.74, 6) is 0.790. The lowest BCUT2D eigenvalue weighted by Crippen LogP contribution is -2.14. The van der Waals surface area contributed by atoms with E-state index in [9.17, 15) is 4.79 Å². The number of aryl methyl sites for hydroxylation is 2. The molecule has 0 aliphatic carbocycles. The Morgan fingerprint density at radius 1 is 1.32 bits per heavy atom. The smallest absolute Gasteiger partial charge is 0.224 e. The van der Waals surface area contributed by atoms with E-state index in [1.807, 2.05) is 38.1 Å². The first-order valence-electron chi connectivity index (χ1n) is 7.61. The van der Waals surface area contributed by atoms with E-state index in [-0.39, 0.29) is 5.91 Å². The van der Waals surface area contributed by atoms with Crippen LogP contribution in [0.4, 0.5) is 5.69 Å². The van der Waals surface area contributed by atoms with Gasteiger partial charge in [0.15, 0.2) is 0 Å². The molecule has 0 saturated carbocycles. The van der Waals surface area contributed by atoms with Crippen molar-refractivity contribution in [2.45, 2.75) is 40.2 Å². The molecule has 0 saturated heterocycles. The monoisotopic (exact) mass is 301 g/mol. The van der Waals surface area contributed by atoms with Crippen molar-refractivity contribution in [3.8, 4) is 0 Å². The van der Waals surface area contributed by atoms with Gasteiger partial charge in [0.2, 0.25) is 5.91 Å². The Labute approximate surface area is 131 Å². The topological polar surface area (TPSA) is 67.2 Å². The van der Waals surface area contributed by atoms with Crippen LogP contribution < -0.4 is 10.6 Å². The molecular formula is C17H23N3O2. The lowest BCUT2D eigenvalue weighted by molar-refractivity contribution is -0.116. The lowest BCUT2D eigenvalue weighted by atomic mass is 10.1. The van der Waals surface area contributed by atoms with Crippen molar-refractivity contribution in [3.63, 3.8) is 0 Å². The number of carbonyl (C=O) groups is 1. The summed E-state index contributed by atoms with van der Waals surface area (Å²) < 4.78 is 5.11. The molecule has 0 atom stereocenters. The molecule has 0 aliphatic rings. The van der Waals surface area contributed by atoms with Crippen LogP contribution in [0, 0.1) is 13.8 Å². The SMILES string of the molecule is CCNCc1cccc(NC(=O)CCc2c(C)noc2C)c1. The molecule has 0 radical (unpaired) electrons. The number of nitrogens with one attached hydrogen (secondary N) is 2. The molecule has 0 bridgehead atoms. The standard InChI is InChI=1S/C17H23N3O2/c1-4-18-11-14-6-5-7-15(10-14)19-17(21)9-8-16-12(2)20-22-13(16)3/h5-7,10,18H,4,8-9,11H2,1-3H3,(H,19,21). The molecule has 2 N–H and O–H groups in total. The highest BCUT2D eigenvalue weighted by Crippen LogP contribution is 2.15. The third-order valence-corrected chi connectivity index (χ3v) is 3.57. The van der Waals surface area contributed by atoms with Gasteiger partial charge in [-0.05, 0) is 44.5 Å². The van der Waals surface area contributed by atoms with Crippen molar-refractivity contribution < 1.29 is 9.32 Å². The first-order chi connectivity index (χ1) is 10.6. The van der Waals surface area contributed by atoms with Crippen molar-refractivity contribution in [1.82, 2.24) is 10.5 Å². The molecule has 0 unspecified atom stereocenters. The van der Waals surface area contributed by atoms with Gasteiger partial charge in [-0.15, -0.1) is 0 Å². The minimum Gasteiger partial charge on any atom is -0.361 e. The number of carbonyl (C=O) groups excluding carboxylic acids is 1. The second-order valence-corrected chi connectivity index (χ2v) is 5.33. The number of benzene rings is 1. The Morgan fingerprint density at radius 2 is 2.14 bits per heavy atom. The van der Waals surface area contributed by atoms with Crippen LogP contribution in [0.2, 0.25) is 0 Å². The van der Waals surface area contributed by atoms with Crippen LogP contribution >= 0.6 is 0 Å². The van der Waals surface area contributed by atoms with Crippen molar-refractivity contribution in [3.05, 3.63) is 46.8 Å². The van der Waals surface area contributed by atoms with Gasteiger partial charge < -0.3 is 15.2 Å². The number of amides is 1. The zero-order valence-corrected chi connectivity index (χ0v) is 13.4. The van der Waals surface area contributed by atoms with E-state index < -0.39 is 0 Å². The van der Waals surface area contributed by atoms with Crippen LogP contribution in [0.15, 0.2) is 28.8 Å². The summed E-state index contributed by atoms with van der Waals surface area (Å²) in [5, 5.41) is 10.1. The van der Waals surface area contributed by atoms with Crippen LogP contribution in [-0.4, -0.2) is 17.6 Å². The largest absolute Gasteiger partial charge is 0.361 e. The predicted molar refractivity (Wildman–Crippen MR) is 86.8 cm³/mol. The summed E-state index contributed by atoms with van der Waals surface area (Å²) in [7, 11) is 0. The Hall–Kier alpha value is -2.14. The Bertz CT molecular complexity index is 615. The zero-order chi connectivity index (χ0) is 15.9. The van der Waals surface area contributed by atoms with E-state index in [2.05, 4.69) is 22.7 Å². The van der Waals surface area contributed by atoms with Crippen LogP contribution in [-0.2, 0) is 17.8 Å². The fourth-order valence-electron chi connectivity index (χ4n) is 2.35. The minimum atomic E-state index is 0.000556. The normalized spacial score (nSPS) is 10.7. The van der Waals surface area contributed by atoms with Crippen LogP contribution in [0.3, 0.4) is 0 Å². The molecule has 5 heteroatoms. The summed E-state index contributed by atoms with van der Waals surface area (Å²) in [6.07, 6.45) is 1.06. The van der Waals surface area contributed by atoms with Gasteiger partial charge in [0, 0.05) is 24.2 Å². The number of anilines is 1. The first-order valence-corrected chi connectivity index (χ1v) is 7.61. The second kappa shape index (κ2) is 7.75. The molecule has 5 nitrogen and oxygen atoms in total. The molecule has 1 aromatic heterocycles. The number of nitrogens with zero attached hydrogens (tertiary/aromatic N) is 1. The third kappa shape index (κ3) is 4.43. The van der Waals surface area contributed by atoms with Gasteiger partial charge in [-0.25, -0.2) is 0 Å². The molecule has 118 valence electrons. The molecule has 0 spiro atoms. The van der Waals surface area contributed by atoms with Crippen molar-refractivity contribution in [2.75, 3.05) is 11.9 Å². The number of aromatic nitrogens is 1. The second-order valence-electron chi connectivity index (χ2n) is 5.33. The maximum absolute atomic E-state index is 12.1. The van der Waals surface area contributed by atoms with Crippen molar-refractivity contribution in [1.29, 1.82) is 0 Å². The van der Waals surface area contributed by atoms with E-state index in [1.54, 1.807) is 0 Å². The summed E-state index contributed by atoms with van der Waals surface area (Å²) in [4.78, 5) is 12.1. The van der Waals surface area contributed by atoms with Crippen molar-refractivity contribution >= 4 is 11.6 Å². The number of hydrogen-bond acceptors (Lipinski definition) is 4. The lowest BCUT2D eigenvalue weighted by Gasteiger charge is -2.08. The van der Waals surface area contributed by atoms with Gasteiger partial charge in [0.1, 0.15) is 5.76 Å². The summed E-state index contributed by atoms with van der Waals surface area (Å²) >= 11 is 0. The van der Waals surface area contributed by atoms with E-state index in [0.717, 1.165) is 41.4 Å². The fraction of sp³-hybridized carbons (Fsp3) is 0.412. The maximum Gasteiger partial charge on any atom is 0.224 e. The van der Waals surface area contributed by atoms with Gasteiger partial charge in [-0.2, -0.15) is 0 Å². The Balaban J connectivity index is 1.89. The quantitative estimate of drug-likeness (QED) is 0.825. The molecule has 2 aromatic rings. The van der Waals surface area contributed by atoms with E-state index in [4.69, 9.17) is 4.52 Å². The average Bonchev–Trinajstić information content (AvgIpc) is 2.82. The number of rotatable bonds is 7. The molecule has 22 heavy (non-hydrogen) atoms. The molecule has 1 amide bonds. The van der Waals surface area contributed by atoms with Gasteiger partial charge in [-0.3, -0.25) is 4.79 Å². The highest BCUT2D eigenvalue weighted by molar-refractivity contribution is 5.90. The van der Waals surface area contributed by atoms with Gasteiger partial charge in [0.25, 0.3) is 0 Å². The molecule has 0 aliphatic heterocycles. The zero-order valence-electron chi connectivity index (χ0n) is 13.4. The average molecular weight is 301 g/mol. The van der Waals surface area contributed by atoms with Crippen LogP contribution in [0.5, 0.6) is 0 Å². The summed E-state index contributed by atoms with van der Waals surface area (Å²) in [6, 6.07) is 7.90. The van der Waals surface area contributed by atoms with Crippen LogP contribution in [0.1, 0.15) is 35.9 Å². The minimum absolute atomic E-state index is 0.000556. The highest BCUT2D eigenvalue weighted by atomic mass is 16.5. The predicted octanol–water partition coefficient (Wildman–Crippen LogP) is 2.97. The maximum atomic E-state index is 12.1. The molecule has 1 heterocycles. The van der Waals surface area contributed by atoms with Gasteiger partial charge in [-0.1, -0.05) is 24.2 Å². The van der Waals surface area contributed by atoms with E-state index in [1.165, 1.54) is 0 Å². The molecule has 1 aromatic carbocycles. The number of hydrogen-bond donors (Lipinski definition) is 2. The van der Waals surface area contributed by atoms with Crippen molar-refractivity contribution in [2.24, 2.45) is 0 Å². The Kier molecular flexibility index (Phi) is 5.72. The summed E-state index contributed by atoms with van der Waals surface area (Å²) in [5.41, 5.74) is 3.87.